The molecule has 4 aromatic rings. The zero-order chi connectivity index (χ0) is 15.1. The van der Waals surface area contributed by atoms with E-state index in [0.717, 1.165) is 29.3 Å². The molecule has 1 N–H and O–H groups in total. The number of hydrogen-bond acceptors (Lipinski definition) is 2. The quantitative estimate of drug-likeness (QED) is 0.531. The predicted molar refractivity (Wildman–Crippen MR) is 94.3 cm³/mol. The van der Waals surface area contributed by atoms with Crippen LogP contribution in [0.2, 0.25) is 0 Å². The van der Waals surface area contributed by atoms with Crippen LogP contribution in [-0.2, 0) is 6.42 Å². The van der Waals surface area contributed by atoms with Crippen molar-refractivity contribution in [2.24, 2.45) is 0 Å². The average molecular weight is 307 g/mol. The highest BCUT2D eigenvalue weighted by Gasteiger charge is 2.11. The van der Waals surface area contributed by atoms with Gasteiger partial charge in [-0.15, -0.1) is 11.3 Å². The second kappa shape index (κ2) is 5.18. The first-order valence-corrected chi connectivity index (χ1v) is 8.45. The molecule has 0 saturated carbocycles. The Morgan fingerprint density at radius 2 is 1.95 bits per heavy atom. The van der Waals surface area contributed by atoms with Gasteiger partial charge in [-0.3, -0.25) is 4.57 Å². The molecule has 22 heavy (non-hydrogen) atoms. The number of nitrogens with zero attached hydrogens (tertiary/aromatic N) is 1. The molecule has 2 nitrogen and oxygen atoms in total. The Morgan fingerprint density at radius 3 is 2.82 bits per heavy atom. The highest BCUT2D eigenvalue weighted by molar-refractivity contribution is 7.17. The largest absolute Gasteiger partial charge is 0.494 e. The minimum Gasteiger partial charge on any atom is -0.494 e. The van der Waals surface area contributed by atoms with Crippen LogP contribution in [0, 0.1) is 0 Å². The third kappa shape index (κ3) is 2.09. The summed E-state index contributed by atoms with van der Waals surface area (Å²) in [5.41, 5.74) is 2.27. The van der Waals surface area contributed by atoms with Gasteiger partial charge in [0.15, 0.2) is 0 Å². The number of benzene rings is 2. The second-order valence-electron chi connectivity index (χ2n) is 5.64. The van der Waals surface area contributed by atoms with Gasteiger partial charge in [0.25, 0.3) is 0 Å². The molecule has 0 aliphatic carbocycles. The van der Waals surface area contributed by atoms with E-state index >= 15 is 0 Å². The summed E-state index contributed by atoms with van der Waals surface area (Å²) in [6.45, 7) is 2.17. The van der Waals surface area contributed by atoms with E-state index in [9.17, 15) is 5.11 Å². The van der Waals surface area contributed by atoms with Crippen LogP contribution in [-0.4, -0.2) is 9.67 Å². The molecule has 0 amide bonds. The molecule has 0 saturated heterocycles. The lowest BCUT2D eigenvalue weighted by molar-refractivity contribution is 0.448. The van der Waals surface area contributed by atoms with E-state index in [1.807, 2.05) is 10.8 Å². The number of aromatic nitrogens is 1. The Labute approximate surface area is 133 Å². The number of aryl methyl sites for hydroxylation is 1. The summed E-state index contributed by atoms with van der Waals surface area (Å²) in [7, 11) is 0. The van der Waals surface area contributed by atoms with Crippen molar-refractivity contribution in [3.05, 3.63) is 59.6 Å². The van der Waals surface area contributed by atoms with Crippen molar-refractivity contribution in [3.63, 3.8) is 0 Å². The van der Waals surface area contributed by atoms with Crippen LogP contribution < -0.4 is 0 Å². The fourth-order valence-electron chi connectivity index (χ4n) is 2.98. The first kappa shape index (κ1) is 13.4. The van der Waals surface area contributed by atoms with Gasteiger partial charge in [0.2, 0.25) is 5.88 Å². The van der Waals surface area contributed by atoms with E-state index in [2.05, 4.69) is 54.8 Å². The maximum atomic E-state index is 10.6. The zero-order valence-corrected chi connectivity index (χ0v) is 13.2. The van der Waals surface area contributed by atoms with Gasteiger partial charge in [-0.2, -0.15) is 0 Å². The lowest BCUT2D eigenvalue weighted by Gasteiger charge is -2.05. The number of hydrogen-bond donors (Lipinski definition) is 1. The predicted octanol–water partition coefficient (Wildman–Crippen LogP) is 5.50. The highest BCUT2D eigenvalue weighted by atomic mass is 32.1. The Balaban J connectivity index is 1.88. The lowest BCUT2D eigenvalue weighted by Crippen LogP contribution is -1.90. The average Bonchev–Trinajstić information content (AvgIpc) is 3.12. The lowest BCUT2D eigenvalue weighted by atomic mass is 10.1. The third-order valence-electron chi connectivity index (χ3n) is 4.11. The molecule has 0 unspecified atom stereocenters. The fraction of sp³-hybridized carbons (Fsp3) is 0.158. The van der Waals surface area contributed by atoms with E-state index < -0.39 is 0 Å². The van der Waals surface area contributed by atoms with Crippen molar-refractivity contribution in [1.82, 2.24) is 4.57 Å². The van der Waals surface area contributed by atoms with E-state index in [1.165, 1.54) is 15.6 Å². The van der Waals surface area contributed by atoms with Crippen LogP contribution in [0.5, 0.6) is 5.88 Å². The van der Waals surface area contributed by atoms with Crippen molar-refractivity contribution < 1.29 is 5.11 Å². The molecule has 0 aliphatic heterocycles. The minimum atomic E-state index is 0.322. The zero-order valence-electron chi connectivity index (χ0n) is 12.4. The molecule has 3 heteroatoms. The molecule has 0 aliphatic rings. The summed E-state index contributed by atoms with van der Waals surface area (Å²) >= 11 is 1.74. The van der Waals surface area contributed by atoms with Crippen LogP contribution in [0.15, 0.2) is 54.0 Å². The molecule has 4 rings (SSSR count). The van der Waals surface area contributed by atoms with Crippen molar-refractivity contribution in [3.8, 4) is 11.6 Å². The van der Waals surface area contributed by atoms with E-state index in [4.69, 9.17) is 0 Å². The first-order chi connectivity index (χ1) is 10.8. The van der Waals surface area contributed by atoms with Gasteiger partial charge in [-0.05, 0) is 53.1 Å². The van der Waals surface area contributed by atoms with Crippen molar-refractivity contribution in [1.29, 1.82) is 0 Å². The molecule has 0 radical (unpaired) electrons. The van der Waals surface area contributed by atoms with Crippen LogP contribution in [0.25, 0.3) is 26.5 Å². The standard InChI is InChI=1S/C19H17NOS/c1-2-3-13-4-5-15-12-20(19(21)17(15)10-13)16-6-7-18-14(11-16)8-9-22-18/h4-12,21H,2-3H2,1H3. The van der Waals surface area contributed by atoms with Gasteiger partial charge in [-0.1, -0.05) is 25.5 Å². The summed E-state index contributed by atoms with van der Waals surface area (Å²) in [6, 6.07) is 14.8. The van der Waals surface area contributed by atoms with Gasteiger partial charge >= 0.3 is 0 Å². The van der Waals surface area contributed by atoms with Crippen LogP contribution in [0.4, 0.5) is 0 Å². The van der Waals surface area contributed by atoms with Gasteiger partial charge in [-0.25, -0.2) is 0 Å². The van der Waals surface area contributed by atoms with Gasteiger partial charge < -0.3 is 5.11 Å². The van der Waals surface area contributed by atoms with Gasteiger partial charge in [0.1, 0.15) is 0 Å². The maximum absolute atomic E-state index is 10.6. The summed E-state index contributed by atoms with van der Waals surface area (Å²) in [5, 5.41) is 15.9. The topological polar surface area (TPSA) is 25.2 Å². The molecule has 2 aromatic carbocycles. The minimum absolute atomic E-state index is 0.322. The molecule has 2 heterocycles. The number of thiophene rings is 1. The summed E-state index contributed by atoms with van der Waals surface area (Å²) in [6.07, 6.45) is 4.16. The molecular weight excluding hydrogens is 290 g/mol. The smallest absolute Gasteiger partial charge is 0.203 e. The molecule has 0 bridgehead atoms. The third-order valence-corrected chi connectivity index (χ3v) is 5.01. The van der Waals surface area contributed by atoms with Gasteiger partial charge in [0, 0.05) is 27.4 Å². The molecule has 110 valence electrons. The fourth-order valence-corrected chi connectivity index (χ4v) is 3.76. The molecule has 0 fully saturated rings. The summed E-state index contributed by atoms with van der Waals surface area (Å²) < 4.78 is 3.14. The summed E-state index contributed by atoms with van der Waals surface area (Å²) in [5.74, 6) is 0.322. The maximum Gasteiger partial charge on any atom is 0.203 e. The highest BCUT2D eigenvalue weighted by Crippen LogP contribution is 2.32. The van der Waals surface area contributed by atoms with E-state index in [1.54, 1.807) is 11.3 Å². The molecule has 2 aromatic heterocycles. The monoisotopic (exact) mass is 307 g/mol. The normalized spacial score (nSPS) is 11.5. The summed E-state index contributed by atoms with van der Waals surface area (Å²) in [4.78, 5) is 0. The molecule has 0 spiro atoms. The molecular formula is C19H17NOS. The van der Waals surface area contributed by atoms with E-state index in [-0.39, 0.29) is 0 Å². The van der Waals surface area contributed by atoms with Crippen molar-refractivity contribution >= 4 is 32.2 Å². The van der Waals surface area contributed by atoms with E-state index in [0.29, 0.717) is 5.88 Å². The van der Waals surface area contributed by atoms with Crippen molar-refractivity contribution in [2.45, 2.75) is 19.8 Å². The Bertz CT molecular complexity index is 964. The number of rotatable bonds is 3. The Morgan fingerprint density at radius 1 is 1.05 bits per heavy atom. The molecule has 0 atom stereocenters. The van der Waals surface area contributed by atoms with Crippen LogP contribution in [0.3, 0.4) is 0 Å². The van der Waals surface area contributed by atoms with Gasteiger partial charge in [0.05, 0.1) is 0 Å². The number of aromatic hydroxyl groups is 1. The Hall–Kier alpha value is -2.26. The Kier molecular flexibility index (Phi) is 3.16. The van der Waals surface area contributed by atoms with Crippen LogP contribution >= 0.6 is 11.3 Å². The first-order valence-electron chi connectivity index (χ1n) is 7.57. The number of fused-ring (bicyclic) bond motifs is 2. The van der Waals surface area contributed by atoms with Crippen molar-refractivity contribution in [2.75, 3.05) is 0 Å². The SMILES string of the molecule is CCCc1ccc2cn(-c3ccc4sccc4c3)c(O)c2c1. The van der Waals surface area contributed by atoms with Crippen LogP contribution in [0.1, 0.15) is 18.9 Å². The second-order valence-corrected chi connectivity index (χ2v) is 6.58.